The molecule has 2 saturated heterocycles. The minimum absolute atomic E-state index is 0.0190. The second-order valence-electron chi connectivity index (χ2n) is 7.08. The Balaban J connectivity index is 2.50. The number of carbonyl (C=O) groups is 3. The zero-order chi connectivity index (χ0) is 15.3. The van der Waals surface area contributed by atoms with Gasteiger partial charge in [-0.25, -0.2) is 4.79 Å². The maximum atomic E-state index is 12.5. The van der Waals surface area contributed by atoms with Gasteiger partial charge in [0.2, 0.25) is 0 Å². The van der Waals surface area contributed by atoms with Crippen molar-refractivity contribution >= 4 is 17.8 Å². The number of fused-ring (bicyclic) bond motifs is 2. The maximum absolute atomic E-state index is 12.5. The average Bonchev–Trinajstić information content (AvgIpc) is 2.62. The molecule has 0 aromatic carbocycles. The van der Waals surface area contributed by atoms with E-state index in [4.69, 9.17) is 0 Å². The van der Waals surface area contributed by atoms with E-state index in [9.17, 15) is 24.6 Å². The Morgan fingerprint density at radius 3 is 2.35 bits per heavy atom. The molecule has 0 spiro atoms. The number of aliphatic carboxylic acids is 1. The molecule has 0 saturated carbocycles. The number of hydrogen-bond acceptors (Lipinski definition) is 3. The predicted molar refractivity (Wildman–Crippen MR) is 70.4 cm³/mol. The van der Waals surface area contributed by atoms with Gasteiger partial charge in [-0.15, -0.1) is 0 Å². The van der Waals surface area contributed by atoms with Crippen LogP contribution in [0.4, 0.5) is 4.79 Å². The van der Waals surface area contributed by atoms with Crippen LogP contribution in [0.15, 0.2) is 0 Å². The Labute approximate surface area is 117 Å². The van der Waals surface area contributed by atoms with E-state index in [1.807, 2.05) is 20.8 Å². The molecule has 2 aliphatic heterocycles. The number of nitrogens with zero attached hydrogens (tertiary/aromatic N) is 1. The topological polar surface area (TPSA) is 94.9 Å². The van der Waals surface area contributed by atoms with Gasteiger partial charge in [0.1, 0.15) is 5.41 Å². The summed E-state index contributed by atoms with van der Waals surface area (Å²) in [6, 6.07) is -1.08. The molecule has 2 N–H and O–H groups in total. The molecule has 2 rings (SSSR count). The summed E-state index contributed by atoms with van der Waals surface area (Å²) in [5.41, 5.74) is -1.96. The molecule has 2 aliphatic rings. The largest absolute Gasteiger partial charge is 0.480 e. The molecule has 2 heterocycles. The summed E-state index contributed by atoms with van der Waals surface area (Å²) < 4.78 is 0. The molecule has 2 bridgehead atoms. The molecule has 1 amide bonds. The lowest BCUT2D eigenvalue weighted by molar-refractivity contribution is -0.165. The number of hydrogen-bond donors (Lipinski definition) is 2. The van der Waals surface area contributed by atoms with Gasteiger partial charge in [-0.3, -0.25) is 9.59 Å². The number of carboxylic acids is 1. The van der Waals surface area contributed by atoms with Crippen LogP contribution in [0.25, 0.3) is 0 Å². The molecular weight excluding hydrogens is 262 g/mol. The SMILES string of the molecule is CC(C)(C)CC1(C(=O)O)C(=O)CC2CCC1N2C(=O)O. The van der Waals surface area contributed by atoms with Gasteiger partial charge in [-0.1, -0.05) is 20.8 Å². The van der Waals surface area contributed by atoms with Crippen LogP contribution in [-0.4, -0.2) is 45.0 Å². The highest BCUT2D eigenvalue weighted by molar-refractivity contribution is 6.05. The van der Waals surface area contributed by atoms with Crippen LogP contribution in [-0.2, 0) is 9.59 Å². The molecule has 112 valence electrons. The maximum Gasteiger partial charge on any atom is 0.407 e. The van der Waals surface area contributed by atoms with Crippen molar-refractivity contribution in [3.8, 4) is 0 Å². The van der Waals surface area contributed by atoms with Crippen molar-refractivity contribution in [1.82, 2.24) is 4.90 Å². The normalized spacial score (nSPS) is 33.4. The van der Waals surface area contributed by atoms with Gasteiger partial charge < -0.3 is 15.1 Å². The van der Waals surface area contributed by atoms with Crippen LogP contribution in [0.5, 0.6) is 0 Å². The number of Topliss-reactive ketones (excluding diaryl/α,β-unsaturated/α-hetero) is 1. The lowest BCUT2D eigenvalue weighted by Gasteiger charge is -2.46. The standard InChI is InChI=1S/C14H21NO5/c1-13(2,3)7-14(11(17)18)9-5-4-8(6-10(14)16)15(9)12(19)20/h8-9H,4-7H2,1-3H3,(H,17,18)(H,19,20). The Hall–Kier alpha value is -1.59. The van der Waals surface area contributed by atoms with Gasteiger partial charge in [0.25, 0.3) is 0 Å². The number of amides is 1. The quantitative estimate of drug-likeness (QED) is 0.755. The van der Waals surface area contributed by atoms with E-state index in [1.54, 1.807) is 0 Å². The van der Waals surface area contributed by atoms with Gasteiger partial charge in [0.15, 0.2) is 5.78 Å². The minimum atomic E-state index is -1.59. The Bertz CT molecular complexity index is 467. The van der Waals surface area contributed by atoms with Crippen molar-refractivity contribution in [2.24, 2.45) is 10.8 Å². The number of piperidine rings is 1. The average molecular weight is 283 g/mol. The van der Waals surface area contributed by atoms with Crippen molar-refractivity contribution in [2.45, 2.75) is 58.5 Å². The molecule has 0 aromatic heterocycles. The van der Waals surface area contributed by atoms with Crippen LogP contribution in [0.2, 0.25) is 0 Å². The summed E-state index contributed by atoms with van der Waals surface area (Å²) in [7, 11) is 0. The van der Waals surface area contributed by atoms with Crippen molar-refractivity contribution in [3.63, 3.8) is 0 Å². The summed E-state index contributed by atoms with van der Waals surface area (Å²) >= 11 is 0. The Kier molecular flexibility index (Phi) is 3.31. The third-order valence-corrected chi connectivity index (χ3v) is 4.40. The van der Waals surface area contributed by atoms with Crippen molar-refractivity contribution in [3.05, 3.63) is 0 Å². The number of rotatable bonds is 2. The monoisotopic (exact) mass is 283 g/mol. The third-order valence-electron chi connectivity index (χ3n) is 4.40. The second kappa shape index (κ2) is 4.46. The molecule has 0 aliphatic carbocycles. The van der Waals surface area contributed by atoms with Crippen LogP contribution >= 0.6 is 0 Å². The van der Waals surface area contributed by atoms with Crippen LogP contribution in [0, 0.1) is 10.8 Å². The first-order valence-electron chi connectivity index (χ1n) is 6.87. The fourth-order valence-corrected chi connectivity index (χ4v) is 3.83. The third kappa shape index (κ3) is 2.07. The van der Waals surface area contributed by atoms with Crippen LogP contribution < -0.4 is 0 Å². The van der Waals surface area contributed by atoms with E-state index < -0.39 is 23.5 Å². The molecular formula is C14H21NO5. The predicted octanol–water partition coefficient (Wildman–Crippen LogP) is 1.98. The highest BCUT2D eigenvalue weighted by Crippen LogP contribution is 2.50. The van der Waals surface area contributed by atoms with Gasteiger partial charge in [-0.2, -0.15) is 0 Å². The summed E-state index contributed by atoms with van der Waals surface area (Å²) in [5, 5.41) is 19.0. The molecule has 0 aromatic rings. The Morgan fingerprint density at radius 2 is 1.90 bits per heavy atom. The van der Waals surface area contributed by atoms with Crippen molar-refractivity contribution in [2.75, 3.05) is 0 Å². The van der Waals surface area contributed by atoms with Gasteiger partial charge in [0.05, 0.1) is 6.04 Å². The number of carbonyl (C=O) groups excluding carboxylic acids is 1. The second-order valence-corrected chi connectivity index (χ2v) is 7.08. The zero-order valence-corrected chi connectivity index (χ0v) is 12.0. The molecule has 6 heteroatoms. The minimum Gasteiger partial charge on any atom is -0.480 e. The van der Waals surface area contributed by atoms with Gasteiger partial charge in [0, 0.05) is 12.5 Å². The Morgan fingerprint density at radius 1 is 1.30 bits per heavy atom. The molecule has 20 heavy (non-hydrogen) atoms. The van der Waals surface area contributed by atoms with Crippen molar-refractivity contribution < 1.29 is 24.6 Å². The molecule has 3 atom stereocenters. The first-order valence-corrected chi connectivity index (χ1v) is 6.87. The van der Waals surface area contributed by atoms with E-state index in [0.717, 1.165) is 0 Å². The van der Waals surface area contributed by atoms with Gasteiger partial charge in [-0.05, 0) is 24.7 Å². The van der Waals surface area contributed by atoms with E-state index in [-0.39, 0.29) is 30.1 Å². The van der Waals surface area contributed by atoms with E-state index in [0.29, 0.717) is 12.8 Å². The summed E-state index contributed by atoms with van der Waals surface area (Å²) in [4.78, 5) is 37.0. The fourth-order valence-electron chi connectivity index (χ4n) is 3.83. The molecule has 0 radical (unpaired) electrons. The highest BCUT2D eigenvalue weighted by Gasteiger charge is 2.63. The van der Waals surface area contributed by atoms with Crippen LogP contribution in [0.3, 0.4) is 0 Å². The summed E-state index contributed by atoms with van der Waals surface area (Å²) in [6.45, 7) is 5.62. The lowest BCUT2D eigenvalue weighted by Crippen LogP contribution is -2.62. The van der Waals surface area contributed by atoms with Gasteiger partial charge >= 0.3 is 12.1 Å². The first-order chi connectivity index (χ1) is 9.09. The highest BCUT2D eigenvalue weighted by atomic mass is 16.4. The number of carboxylic acid groups (broad SMARTS) is 2. The van der Waals surface area contributed by atoms with E-state index in [1.165, 1.54) is 4.90 Å². The van der Waals surface area contributed by atoms with Crippen LogP contribution in [0.1, 0.15) is 46.5 Å². The fraction of sp³-hybridized carbons (Fsp3) is 0.786. The first kappa shape index (κ1) is 14.8. The molecule has 2 fully saturated rings. The molecule has 3 unspecified atom stereocenters. The lowest BCUT2D eigenvalue weighted by atomic mass is 9.64. The summed E-state index contributed by atoms with van der Waals surface area (Å²) in [6.07, 6.45) is 0.0811. The van der Waals surface area contributed by atoms with E-state index >= 15 is 0 Å². The number of ketones is 1. The molecule has 6 nitrogen and oxygen atoms in total. The smallest absolute Gasteiger partial charge is 0.407 e. The van der Waals surface area contributed by atoms with Crippen molar-refractivity contribution in [1.29, 1.82) is 0 Å². The summed E-state index contributed by atoms with van der Waals surface area (Å²) in [5.74, 6) is -1.50. The zero-order valence-electron chi connectivity index (χ0n) is 12.0. The van der Waals surface area contributed by atoms with E-state index in [2.05, 4.69) is 0 Å².